The molecule has 2 aromatic carbocycles. The highest BCUT2D eigenvalue weighted by Gasteiger charge is 2.51. The molecule has 9 heteroatoms. The highest BCUT2D eigenvalue weighted by molar-refractivity contribution is 7.89. The van der Waals surface area contributed by atoms with Crippen LogP contribution in [0.15, 0.2) is 53.4 Å². The van der Waals surface area contributed by atoms with E-state index in [1.54, 1.807) is 30.3 Å². The molecule has 1 heterocycles. The molecule has 27 heavy (non-hydrogen) atoms. The largest absolute Gasteiger partial charge is 0.486 e. The van der Waals surface area contributed by atoms with Gasteiger partial charge in [-0.2, -0.15) is 9.57 Å². The summed E-state index contributed by atoms with van der Waals surface area (Å²) in [7, 11) is -4.06. The summed E-state index contributed by atoms with van der Waals surface area (Å²) in [6.07, 6.45) is -0.993. The maximum atomic E-state index is 13.0. The molecule has 0 radical (unpaired) electrons. The Hall–Kier alpha value is -2.15. The van der Waals surface area contributed by atoms with E-state index in [9.17, 15) is 23.9 Å². The van der Waals surface area contributed by atoms with Gasteiger partial charge >= 0.3 is 0 Å². The average Bonchev–Trinajstić information content (AvgIpc) is 3.01. The van der Waals surface area contributed by atoms with Crippen LogP contribution in [-0.2, 0) is 10.0 Å². The number of sulfonamides is 1. The second-order valence-corrected chi connectivity index (χ2v) is 8.57. The Morgan fingerprint density at radius 3 is 2.56 bits per heavy atom. The lowest BCUT2D eigenvalue weighted by Crippen LogP contribution is -2.48. The minimum Gasteiger partial charge on any atom is -0.486 e. The molecule has 1 fully saturated rings. The van der Waals surface area contributed by atoms with Crippen LogP contribution in [0.4, 0.5) is 0 Å². The standard InChI is InChI=1S/C18H17ClN2O5S/c19-14-5-7-15(8-6-14)26-17-10-21(11-18(17,23)12-22)27(24,25)16-4-2-1-3-13(16)9-20/h1-8,17,22-23H,10-12H2/t17?,18-/m1/s1. The molecule has 1 aliphatic heterocycles. The predicted molar refractivity (Wildman–Crippen MR) is 97.8 cm³/mol. The van der Waals surface area contributed by atoms with Crippen molar-refractivity contribution in [3.8, 4) is 11.8 Å². The molecule has 2 atom stereocenters. The Kier molecular flexibility index (Phi) is 5.42. The van der Waals surface area contributed by atoms with Gasteiger partial charge in [0.05, 0.1) is 23.6 Å². The van der Waals surface area contributed by atoms with Crippen molar-refractivity contribution in [1.82, 2.24) is 4.31 Å². The van der Waals surface area contributed by atoms with Gasteiger partial charge in [-0.05, 0) is 36.4 Å². The molecule has 0 bridgehead atoms. The first-order valence-corrected chi connectivity index (χ1v) is 9.87. The molecule has 0 aromatic heterocycles. The zero-order chi connectivity index (χ0) is 19.7. The lowest BCUT2D eigenvalue weighted by Gasteiger charge is -2.27. The monoisotopic (exact) mass is 408 g/mol. The number of halogens is 1. The third-order valence-corrected chi connectivity index (χ3v) is 6.53. The van der Waals surface area contributed by atoms with E-state index < -0.39 is 28.3 Å². The third kappa shape index (κ3) is 3.78. The topological polar surface area (TPSA) is 111 Å². The van der Waals surface area contributed by atoms with E-state index in [2.05, 4.69) is 0 Å². The predicted octanol–water partition coefficient (Wildman–Crippen LogP) is 1.39. The number of hydrogen-bond acceptors (Lipinski definition) is 6. The van der Waals surface area contributed by atoms with Crippen LogP contribution in [0.1, 0.15) is 5.56 Å². The summed E-state index contributed by atoms with van der Waals surface area (Å²) in [5.74, 6) is 0.382. The van der Waals surface area contributed by atoms with E-state index in [-0.39, 0.29) is 23.5 Å². The first-order valence-electron chi connectivity index (χ1n) is 8.05. The van der Waals surface area contributed by atoms with Gasteiger partial charge in [0.25, 0.3) is 0 Å². The molecule has 142 valence electrons. The van der Waals surface area contributed by atoms with Crippen LogP contribution in [0.2, 0.25) is 5.02 Å². The first-order chi connectivity index (χ1) is 12.8. The zero-order valence-electron chi connectivity index (χ0n) is 14.1. The van der Waals surface area contributed by atoms with E-state index in [1.165, 1.54) is 18.2 Å². The van der Waals surface area contributed by atoms with Gasteiger partial charge < -0.3 is 14.9 Å². The van der Waals surface area contributed by atoms with Gasteiger partial charge in [-0.25, -0.2) is 8.42 Å². The number of hydrogen-bond donors (Lipinski definition) is 2. The number of nitrogens with zero attached hydrogens (tertiary/aromatic N) is 2. The van der Waals surface area contributed by atoms with Gasteiger partial charge in [0.2, 0.25) is 10.0 Å². The van der Waals surface area contributed by atoms with Crippen molar-refractivity contribution in [2.24, 2.45) is 0 Å². The van der Waals surface area contributed by atoms with E-state index >= 15 is 0 Å². The van der Waals surface area contributed by atoms with Crippen molar-refractivity contribution in [3.05, 3.63) is 59.1 Å². The summed E-state index contributed by atoms with van der Waals surface area (Å²) < 4.78 is 32.7. The molecule has 1 unspecified atom stereocenters. The minimum absolute atomic E-state index is 0.00658. The van der Waals surface area contributed by atoms with Crippen LogP contribution in [0, 0.1) is 11.3 Å². The fourth-order valence-corrected chi connectivity index (χ4v) is 4.68. The molecule has 0 spiro atoms. The van der Waals surface area contributed by atoms with Crippen molar-refractivity contribution in [2.75, 3.05) is 19.7 Å². The molecule has 3 rings (SSSR count). The van der Waals surface area contributed by atoms with Crippen LogP contribution in [-0.4, -0.2) is 54.3 Å². The van der Waals surface area contributed by atoms with E-state index in [0.29, 0.717) is 10.8 Å². The van der Waals surface area contributed by atoms with Gasteiger partial charge in [0.1, 0.15) is 23.5 Å². The quantitative estimate of drug-likeness (QED) is 0.773. The molecule has 1 aliphatic rings. The fraction of sp³-hybridized carbons (Fsp3) is 0.278. The van der Waals surface area contributed by atoms with Gasteiger partial charge in [-0.15, -0.1) is 0 Å². The molecule has 0 aliphatic carbocycles. The van der Waals surface area contributed by atoms with E-state index in [4.69, 9.17) is 16.3 Å². The Labute approximate surface area is 162 Å². The summed E-state index contributed by atoms with van der Waals surface area (Å²) >= 11 is 5.83. The van der Waals surface area contributed by atoms with Crippen LogP contribution in [0.25, 0.3) is 0 Å². The Balaban J connectivity index is 1.90. The van der Waals surface area contributed by atoms with Crippen LogP contribution >= 0.6 is 11.6 Å². The second kappa shape index (κ2) is 7.46. The molecular weight excluding hydrogens is 392 g/mol. The average molecular weight is 409 g/mol. The van der Waals surface area contributed by atoms with Crippen LogP contribution in [0.5, 0.6) is 5.75 Å². The van der Waals surface area contributed by atoms with E-state index in [1.807, 2.05) is 6.07 Å². The van der Waals surface area contributed by atoms with Crippen molar-refractivity contribution in [2.45, 2.75) is 16.6 Å². The Bertz CT molecular complexity index is 974. The van der Waals surface area contributed by atoms with Crippen molar-refractivity contribution < 1.29 is 23.4 Å². The van der Waals surface area contributed by atoms with Gasteiger partial charge in [0, 0.05) is 11.6 Å². The summed E-state index contributed by atoms with van der Waals surface area (Å²) in [6.45, 7) is -1.22. The molecule has 0 saturated carbocycles. The highest BCUT2D eigenvalue weighted by atomic mass is 35.5. The number of benzene rings is 2. The van der Waals surface area contributed by atoms with Gasteiger partial charge in [-0.1, -0.05) is 23.7 Å². The normalized spacial score (nSPS) is 23.1. The molecule has 0 amide bonds. The van der Waals surface area contributed by atoms with Crippen molar-refractivity contribution in [1.29, 1.82) is 5.26 Å². The smallest absolute Gasteiger partial charge is 0.244 e. The summed E-state index contributed by atoms with van der Waals surface area (Å²) in [5.41, 5.74) is -1.78. The second-order valence-electron chi connectivity index (χ2n) is 6.23. The van der Waals surface area contributed by atoms with Crippen molar-refractivity contribution >= 4 is 21.6 Å². The van der Waals surface area contributed by atoms with Crippen LogP contribution in [0.3, 0.4) is 0 Å². The van der Waals surface area contributed by atoms with Gasteiger partial charge in [-0.3, -0.25) is 0 Å². The highest BCUT2D eigenvalue weighted by Crippen LogP contribution is 2.31. The molecule has 2 aromatic rings. The summed E-state index contributed by atoms with van der Waals surface area (Å²) in [5, 5.41) is 30.0. The fourth-order valence-electron chi connectivity index (χ4n) is 2.91. The number of rotatable bonds is 5. The maximum Gasteiger partial charge on any atom is 0.244 e. The molecule has 7 nitrogen and oxygen atoms in total. The summed E-state index contributed by atoms with van der Waals surface area (Å²) in [6, 6.07) is 14.0. The lowest BCUT2D eigenvalue weighted by atomic mass is 10.0. The maximum absolute atomic E-state index is 13.0. The third-order valence-electron chi connectivity index (χ3n) is 4.41. The van der Waals surface area contributed by atoms with E-state index in [0.717, 1.165) is 4.31 Å². The number of β-amino-alcohol motifs (C(OH)–C–C–N with tert-alkyl or cyclic N) is 1. The molecule has 1 saturated heterocycles. The number of aliphatic hydroxyl groups excluding tert-OH is 1. The lowest BCUT2D eigenvalue weighted by molar-refractivity contribution is -0.0640. The Morgan fingerprint density at radius 2 is 1.93 bits per heavy atom. The molecular formula is C18H17ClN2O5S. The van der Waals surface area contributed by atoms with Crippen molar-refractivity contribution in [3.63, 3.8) is 0 Å². The minimum atomic E-state index is -4.06. The SMILES string of the molecule is N#Cc1ccccc1S(=O)(=O)N1CC(Oc2ccc(Cl)cc2)[C@](O)(CO)C1. The number of ether oxygens (including phenoxy) is 1. The molecule has 2 N–H and O–H groups in total. The first kappa shape index (κ1) is 19.6. The van der Waals surface area contributed by atoms with Crippen LogP contribution < -0.4 is 4.74 Å². The Morgan fingerprint density at radius 1 is 1.26 bits per heavy atom. The van der Waals surface area contributed by atoms with Gasteiger partial charge in [0.15, 0.2) is 0 Å². The number of nitriles is 1. The zero-order valence-corrected chi connectivity index (χ0v) is 15.7. The summed E-state index contributed by atoms with van der Waals surface area (Å²) in [4.78, 5) is -0.153. The number of aliphatic hydroxyl groups is 2.